The van der Waals surface area contributed by atoms with Gasteiger partial charge in [0.1, 0.15) is 0 Å². The van der Waals surface area contributed by atoms with Gasteiger partial charge in [0.25, 0.3) is 0 Å². The van der Waals surface area contributed by atoms with Crippen molar-refractivity contribution in [2.45, 2.75) is 45.1 Å². The minimum absolute atomic E-state index is 0.163. The summed E-state index contributed by atoms with van der Waals surface area (Å²) < 4.78 is 28.8. The molecule has 0 aliphatic heterocycles. The molecule has 0 amide bonds. The summed E-state index contributed by atoms with van der Waals surface area (Å²) in [6, 6.07) is 0. The Morgan fingerprint density at radius 2 is 2.07 bits per heavy atom. The molecule has 0 radical (unpaired) electrons. The van der Waals surface area contributed by atoms with Crippen LogP contribution in [0.3, 0.4) is 0 Å². The van der Waals surface area contributed by atoms with E-state index in [4.69, 9.17) is 0 Å². The molecule has 0 aliphatic carbocycles. The van der Waals surface area contributed by atoms with Crippen LogP contribution >= 0.6 is 0 Å². The first kappa shape index (κ1) is 13.3. The molecular formula is C9H16F2O3. The van der Waals surface area contributed by atoms with E-state index in [-0.39, 0.29) is 13.0 Å². The minimum Gasteiger partial charge on any atom is -0.461 e. The molecule has 1 N–H and O–H groups in total. The van der Waals surface area contributed by atoms with Gasteiger partial charge in [-0.2, -0.15) is 8.78 Å². The van der Waals surface area contributed by atoms with Crippen molar-refractivity contribution in [1.82, 2.24) is 0 Å². The van der Waals surface area contributed by atoms with E-state index >= 15 is 0 Å². The second kappa shape index (κ2) is 5.90. The average Bonchev–Trinajstić information content (AvgIpc) is 2.02. The fourth-order valence-corrected chi connectivity index (χ4v) is 0.892. The fraction of sp³-hybridized carbons (Fsp3) is 0.889. The quantitative estimate of drug-likeness (QED) is 0.679. The fourth-order valence-electron chi connectivity index (χ4n) is 0.892. The lowest BCUT2D eigenvalue weighted by molar-refractivity contribution is -0.169. The zero-order valence-corrected chi connectivity index (χ0v) is 8.43. The molecule has 0 heterocycles. The lowest BCUT2D eigenvalue weighted by Crippen LogP contribution is -2.28. The molecule has 1 unspecified atom stereocenters. The summed E-state index contributed by atoms with van der Waals surface area (Å²) in [4.78, 5) is 10.6. The van der Waals surface area contributed by atoms with Gasteiger partial charge in [-0.15, -0.1) is 0 Å². The maximum absolute atomic E-state index is 12.3. The Morgan fingerprint density at radius 1 is 1.50 bits per heavy atom. The van der Waals surface area contributed by atoms with Crippen LogP contribution in [0.15, 0.2) is 0 Å². The number of aliphatic hydroxyl groups excluding tert-OH is 1. The molecule has 0 saturated carbocycles. The zero-order valence-electron chi connectivity index (χ0n) is 8.43. The molecule has 0 bridgehead atoms. The van der Waals surface area contributed by atoms with E-state index < -0.39 is 18.0 Å². The van der Waals surface area contributed by atoms with Crippen molar-refractivity contribution < 1.29 is 23.4 Å². The van der Waals surface area contributed by atoms with Crippen molar-refractivity contribution in [3.8, 4) is 0 Å². The summed E-state index contributed by atoms with van der Waals surface area (Å²) in [5.74, 6) is -4.99. The molecule has 0 aromatic rings. The van der Waals surface area contributed by atoms with Crippen LogP contribution in [-0.2, 0) is 9.53 Å². The van der Waals surface area contributed by atoms with Crippen LogP contribution in [0.4, 0.5) is 8.78 Å². The van der Waals surface area contributed by atoms with E-state index in [1.807, 2.05) is 6.92 Å². The second-order valence-electron chi connectivity index (χ2n) is 3.26. The second-order valence-corrected chi connectivity index (χ2v) is 3.26. The van der Waals surface area contributed by atoms with E-state index in [0.717, 1.165) is 6.42 Å². The first-order chi connectivity index (χ1) is 6.38. The number of hydrogen-bond donors (Lipinski definition) is 1. The van der Waals surface area contributed by atoms with Gasteiger partial charge in [0.2, 0.25) is 0 Å². The Balaban J connectivity index is 3.59. The average molecular weight is 210 g/mol. The molecule has 1 atom stereocenters. The van der Waals surface area contributed by atoms with E-state index in [1.165, 1.54) is 0 Å². The number of rotatable bonds is 6. The molecule has 3 nitrogen and oxygen atoms in total. The number of ether oxygens (including phenoxy) is 1. The van der Waals surface area contributed by atoms with E-state index in [2.05, 4.69) is 4.74 Å². The number of carbonyl (C=O) groups excluding carboxylic acids is 1. The normalized spacial score (nSPS) is 13.8. The number of alkyl halides is 2. The maximum Gasteiger partial charge on any atom is 0.376 e. The van der Waals surface area contributed by atoms with Crippen LogP contribution in [-0.4, -0.2) is 29.7 Å². The number of hydrogen-bond acceptors (Lipinski definition) is 3. The molecular weight excluding hydrogens is 194 g/mol. The summed E-state index contributed by atoms with van der Waals surface area (Å²) in [5.41, 5.74) is 0. The predicted molar refractivity (Wildman–Crippen MR) is 47.1 cm³/mol. The third-order valence-electron chi connectivity index (χ3n) is 1.66. The monoisotopic (exact) mass is 210 g/mol. The summed E-state index contributed by atoms with van der Waals surface area (Å²) in [6.45, 7) is 2.22. The topological polar surface area (TPSA) is 46.5 Å². The third kappa shape index (κ3) is 5.85. The number of esters is 1. The molecule has 14 heavy (non-hydrogen) atoms. The highest BCUT2D eigenvalue weighted by Crippen LogP contribution is 2.13. The minimum atomic E-state index is -3.45. The van der Waals surface area contributed by atoms with Crippen LogP contribution in [0, 0.1) is 0 Å². The Kier molecular flexibility index (Phi) is 5.60. The van der Waals surface area contributed by atoms with Gasteiger partial charge in [0, 0.05) is 13.3 Å². The summed E-state index contributed by atoms with van der Waals surface area (Å²) in [7, 11) is 0. The van der Waals surface area contributed by atoms with Gasteiger partial charge >= 0.3 is 11.9 Å². The Hall–Kier alpha value is -0.710. The van der Waals surface area contributed by atoms with Crippen LogP contribution < -0.4 is 0 Å². The molecule has 0 aromatic heterocycles. The highest BCUT2D eigenvalue weighted by molar-refractivity contribution is 5.76. The van der Waals surface area contributed by atoms with E-state index in [9.17, 15) is 18.7 Å². The highest BCUT2D eigenvalue weighted by atomic mass is 19.3. The molecule has 84 valence electrons. The van der Waals surface area contributed by atoms with Crippen molar-refractivity contribution in [3.05, 3.63) is 0 Å². The Labute approximate surface area is 82.1 Å². The van der Waals surface area contributed by atoms with Gasteiger partial charge in [-0.25, -0.2) is 4.79 Å². The molecule has 5 heteroatoms. The molecule has 0 aromatic carbocycles. The lowest BCUT2D eigenvalue weighted by Gasteiger charge is -2.12. The maximum atomic E-state index is 12.3. The zero-order chi connectivity index (χ0) is 11.2. The highest BCUT2D eigenvalue weighted by Gasteiger charge is 2.34. The number of carbonyl (C=O) groups is 1. The van der Waals surface area contributed by atoms with Gasteiger partial charge in [-0.05, 0) is 6.42 Å². The van der Waals surface area contributed by atoms with E-state index in [0.29, 0.717) is 13.3 Å². The lowest BCUT2D eigenvalue weighted by atomic mass is 10.1. The van der Waals surface area contributed by atoms with Gasteiger partial charge in [0.15, 0.2) is 0 Å². The van der Waals surface area contributed by atoms with E-state index in [1.54, 1.807) is 0 Å². The van der Waals surface area contributed by atoms with Gasteiger partial charge < -0.3 is 9.84 Å². The smallest absolute Gasteiger partial charge is 0.376 e. The van der Waals surface area contributed by atoms with Crippen molar-refractivity contribution in [2.75, 3.05) is 6.61 Å². The van der Waals surface area contributed by atoms with Crippen LogP contribution in [0.1, 0.15) is 33.1 Å². The molecule has 0 spiro atoms. The molecule has 0 saturated heterocycles. The van der Waals surface area contributed by atoms with Crippen LogP contribution in [0.5, 0.6) is 0 Å². The summed E-state index contributed by atoms with van der Waals surface area (Å²) in [6.07, 6.45) is 1.01. The van der Waals surface area contributed by atoms with Gasteiger partial charge in [0.05, 0.1) is 12.7 Å². The third-order valence-corrected chi connectivity index (χ3v) is 1.66. The molecule has 0 fully saturated rings. The van der Waals surface area contributed by atoms with Crippen molar-refractivity contribution in [3.63, 3.8) is 0 Å². The largest absolute Gasteiger partial charge is 0.461 e. The first-order valence-corrected chi connectivity index (χ1v) is 4.61. The van der Waals surface area contributed by atoms with Gasteiger partial charge in [-0.1, -0.05) is 13.3 Å². The van der Waals surface area contributed by atoms with Crippen molar-refractivity contribution in [1.29, 1.82) is 0 Å². The summed E-state index contributed by atoms with van der Waals surface area (Å²) in [5, 5.41) is 9.19. The molecule has 0 rings (SSSR count). The van der Waals surface area contributed by atoms with Crippen molar-refractivity contribution in [2.24, 2.45) is 0 Å². The van der Waals surface area contributed by atoms with Crippen LogP contribution in [0.2, 0.25) is 0 Å². The van der Waals surface area contributed by atoms with Gasteiger partial charge in [-0.3, -0.25) is 0 Å². The predicted octanol–water partition coefficient (Wildman–Crippen LogP) is 1.74. The number of halogens is 2. The SMILES string of the molecule is CCCC(O)CCOC(=O)C(C)(F)F. The Morgan fingerprint density at radius 3 is 2.50 bits per heavy atom. The first-order valence-electron chi connectivity index (χ1n) is 4.61. The standard InChI is InChI=1S/C9H16F2O3/c1-3-4-7(12)5-6-14-8(13)9(2,10)11/h7,12H,3-6H2,1-2H3. The van der Waals surface area contributed by atoms with Crippen LogP contribution in [0.25, 0.3) is 0 Å². The summed E-state index contributed by atoms with van der Waals surface area (Å²) >= 11 is 0. The number of aliphatic hydroxyl groups is 1. The van der Waals surface area contributed by atoms with Crippen molar-refractivity contribution >= 4 is 5.97 Å². The Bertz CT molecular complexity index is 177. The molecule has 0 aliphatic rings.